The summed E-state index contributed by atoms with van der Waals surface area (Å²) in [5, 5.41) is 4.95. The number of carbonyl (C=O) groups excluding carboxylic acids is 2. The Hall–Kier alpha value is -1.98. The molecule has 0 aliphatic carbocycles. The molecular weight excluding hydrogens is 320 g/mol. The van der Waals surface area contributed by atoms with Gasteiger partial charge in [-0.05, 0) is 37.3 Å². The summed E-state index contributed by atoms with van der Waals surface area (Å²) in [7, 11) is 0. The van der Waals surface area contributed by atoms with Crippen LogP contribution in [0.2, 0.25) is 0 Å². The molecule has 128 valence electrons. The van der Waals surface area contributed by atoms with Crippen LogP contribution in [-0.4, -0.2) is 30.8 Å². The maximum absolute atomic E-state index is 12.4. The highest BCUT2D eigenvalue weighted by molar-refractivity contribution is 7.09. The smallest absolute Gasteiger partial charge is 0.275 e. The molecule has 1 amide bonds. The van der Waals surface area contributed by atoms with E-state index in [1.165, 1.54) is 16.7 Å². The van der Waals surface area contributed by atoms with Crippen LogP contribution in [0.5, 0.6) is 0 Å². The lowest BCUT2D eigenvalue weighted by Gasteiger charge is -2.20. The predicted molar refractivity (Wildman–Crippen MR) is 97.2 cm³/mol. The molecule has 0 saturated heterocycles. The molecule has 2 N–H and O–H groups in total. The number of ketones is 1. The Bertz CT molecular complexity index is 641. The van der Waals surface area contributed by atoms with Crippen LogP contribution in [-0.2, 0) is 22.6 Å². The molecule has 1 heterocycles. The fraction of sp³-hybridized carbons (Fsp3) is 0.368. The molecule has 0 radical (unpaired) electrons. The van der Waals surface area contributed by atoms with E-state index in [2.05, 4.69) is 18.3 Å². The molecule has 2 rings (SSSR count). The van der Waals surface area contributed by atoms with Crippen LogP contribution in [0.15, 0.2) is 47.8 Å². The topological polar surface area (TPSA) is 50.6 Å². The Labute approximate surface area is 147 Å². The number of Topliss-reactive ketones (excluding diaryl/α,β-unsaturated/α-hetero) is 1. The summed E-state index contributed by atoms with van der Waals surface area (Å²) in [6, 6.07) is 13.4. The number of carbonyl (C=O) groups is 2. The summed E-state index contributed by atoms with van der Waals surface area (Å²) < 4.78 is 0. The van der Waals surface area contributed by atoms with Gasteiger partial charge in [-0.15, -0.1) is 11.3 Å². The summed E-state index contributed by atoms with van der Waals surface area (Å²) in [4.78, 5) is 26.7. The van der Waals surface area contributed by atoms with Crippen molar-refractivity contribution >= 4 is 23.0 Å². The minimum atomic E-state index is -0.459. The van der Waals surface area contributed by atoms with Crippen molar-refractivity contribution in [1.82, 2.24) is 5.32 Å². The monoisotopic (exact) mass is 345 g/mol. The Morgan fingerprint density at radius 1 is 1.17 bits per heavy atom. The van der Waals surface area contributed by atoms with Crippen LogP contribution in [0, 0.1) is 0 Å². The molecule has 0 bridgehead atoms. The van der Waals surface area contributed by atoms with E-state index in [9.17, 15) is 9.59 Å². The zero-order valence-corrected chi connectivity index (χ0v) is 15.1. The van der Waals surface area contributed by atoms with E-state index in [4.69, 9.17) is 0 Å². The number of hydrogen-bond acceptors (Lipinski definition) is 3. The van der Waals surface area contributed by atoms with Crippen molar-refractivity contribution in [2.24, 2.45) is 0 Å². The van der Waals surface area contributed by atoms with Gasteiger partial charge in [0.15, 0.2) is 12.3 Å². The average molecular weight is 345 g/mol. The number of amides is 1. The molecule has 0 spiro atoms. The second-order valence-corrected chi connectivity index (χ2v) is 6.99. The maximum atomic E-state index is 12.4. The first-order valence-corrected chi connectivity index (χ1v) is 9.16. The largest absolute Gasteiger partial charge is 0.341 e. The minimum absolute atomic E-state index is 0.0106. The lowest BCUT2D eigenvalue weighted by atomic mass is 10.0. The summed E-state index contributed by atoms with van der Waals surface area (Å²) in [6.45, 7) is 5.69. The van der Waals surface area contributed by atoms with Gasteiger partial charge in [0, 0.05) is 0 Å². The molecule has 2 atom stereocenters. The third kappa shape index (κ3) is 5.91. The highest BCUT2D eigenvalue weighted by Gasteiger charge is 2.20. The molecule has 0 aliphatic rings. The highest BCUT2D eigenvalue weighted by Crippen LogP contribution is 2.06. The van der Waals surface area contributed by atoms with Crippen LogP contribution >= 0.6 is 11.3 Å². The Morgan fingerprint density at radius 3 is 2.50 bits per heavy atom. The highest BCUT2D eigenvalue weighted by atomic mass is 32.1. The quantitative estimate of drug-likeness (QED) is 0.723. The molecule has 1 unspecified atom stereocenters. The Balaban J connectivity index is 1.90. The third-order valence-electron chi connectivity index (χ3n) is 4.02. The average Bonchev–Trinajstić information content (AvgIpc) is 3.07. The van der Waals surface area contributed by atoms with Crippen LogP contribution in [0.25, 0.3) is 0 Å². The van der Waals surface area contributed by atoms with Crippen LogP contribution < -0.4 is 10.2 Å². The van der Waals surface area contributed by atoms with Gasteiger partial charge in [0.2, 0.25) is 0 Å². The third-order valence-corrected chi connectivity index (χ3v) is 4.90. The Kier molecular flexibility index (Phi) is 7.15. The van der Waals surface area contributed by atoms with Crippen molar-refractivity contribution in [3.05, 3.63) is 58.3 Å². The Morgan fingerprint density at radius 2 is 1.92 bits per heavy atom. The maximum Gasteiger partial charge on any atom is 0.275 e. The molecule has 5 heteroatoms. The van der Waals surface area contributed by atoms with Crippen LogP contribution in [0.1, 0.15) is 24.3 Å². The van der Waals surface area contributed by atoms with Gasteiger partial charge in [0.1, 0.15) is 6.54 Å². The number of rotatable bonds is 9. The normalized spacial score (nSPS) is 13.2. The fourth-order valence-electron chi connectivity index (χ4n) is 2.59. The molecule has 1 aromatic carbocycles. The minimum Gasteiger partial charge on any atom is -0.341 e. The number of hydrogen-bond donors (Lipinski definition) is 2. The second-order valence-electron chi connectivity index (χ2n) is 5.96. The van der Waals surface area contributed by atoms with E-state index in [0.29, 0.717) is 13.0 Å². The van der Waals surface area contributed by atoms with Gasteiger partial charge in [-0.3, -0.25) is 9.59 Å². The number of likely N-dealkylation sites (N-methyl/N-ethyl adjacent to an activating group) is 1. The number of thiophene rings is 1. The predicted octanol–water partition coefficient (Wildman–Crippen LogP) is 1.47. The van der Waals surface area contributed by atoms with E-state index >= 15 is 0 Å². The number of benzene rings is 1. The van der Waals surface area contributed by atoms with Gasteiger partial charge in [0.25, 0.3) is 5.91 Å². The van der Waals surface area contributed by atoms with E-state index in [-0.39, 0.29) is 11.7 Å². The molecule has 0 aliphatic heterocycles. The van der Waals surface area contributed by atoms with Gasteiger partial charge in [0.05, 0.1) is 17.5 Å². The van der Waals surface area contributed by atoms with E-state index in [1.807, 2.05) is 41.8 Å². The molecule has 24 heavy (non-hydrogen) atoms. The van der Waals surface area contributed by atoms with Gasteiger partial charge in [-0.25, -0.2) is 0 Å². The van der Waals surface area contributed by atoms with E-state index in [1.54, 1.807) is 11.3 Å². The lowest BCUT2D eigenvalue weighted by Crippen LogP contribution is -3.11. The van der Waals surface area contributed by atoms with E-state index in [0.717, 1.165) is 18.7 Å². The molecule has 0 saturated carbocycles. The lowest BCUT2D eigenvalue weighted by molar-refractivity contribution is -0.903. The van der Waals surface area contributed by atoms with Crippen LogP contribution in [0.4, 0.5) is 0 Å². The van der Waals surface area contributed by atoms with Crippen LogP contribution in [0.3, 0.4) is 0 Å². The van der Waals surface area contributed by atoms with Gasteiger partial charge in [-0.2, -0.15) is 0 Å². The first-order chi connectivity index (χ1) is 11.6. The molecular formula is C19H25N2O2S+. The summed E-state index contributed by atoms with van der Waals surface area (Å²) >= 11 is 1.71. The zero-order valence-electron chi connectivity index (χ0n) is 14.2. The molecule has 2 aromatic rings. The van der Waals surface area contributed by atoms with Crippen molar-refractivity contribution in [3.8, 4) is 0 Å². The SMILES string of the molecule is CC[NH+](CC(=O)N[C@@H](Cc1ccccc1)C(C)=O)Cc1cccs1. The number of quaternary nitrogens is 1. The van der Waals surface area contributed by atoms with Crippen molar-refractivity contribution in [2.75, 3.05) is 13.1 Å². The van der Waals surface area contributed by atoms with Crippen molar-refractivity contribution < 1.29 is 14.5 Å². The van der Waals surface area contributed by atoms with Gasteiger partial charge >= 0.3 is 0 Å². The summed E-state index contributed by atoms with van der Waals surface area (Å²) in [5.74, 6) is -0.0805. The number of nitrogens with one attached hydrogen (secondary N) is 2. The molecule has 1 aromatic heterocycles. The summed E-state index contributed by atoms with van der Waals surface area (Å²) in [5.41, 5.74) is 1.05. The first-order valence-electron chi connectivity index (χ1n) is 8.28. The van der Waals surface area contributed by atoms with Gasteiger partial charge < -0.3 is 10.2 Å². The van der Waals surface area contributed by atoms with Gasteiger partial charge in [-0.1, -0.05) is 36.4 Å². The zero-order chi connectivity index (χ0) is 17.4. The van der Waals surface area contributed by atoms with E-state index < -0.39 is 6.04 Å². The first kappa shape index (κ1) is 18.4. The van der Waals surface area contributed by atoms with Crippen molar-refractivity contribution in [3.63, 3.8) is 0 Å². The fourth-order valence-corrected chi connectivity index (χ4v) is 3.37. The molecule has 4 nitrogen and oxygen atoms in total. The second kappa shape index (κ2) is 9.35. The summed E-state index contributed by atoms with van der Waals surface area (Å²) in [6.07, 6.45) is 0.536. The standard InChI is InChI=1S/C19H24N2O2S/c1-3-21(13-17-10-7-11-24-17)14-19(23)20-18(15(2)22)12-16-8-5-4-6-9-16/h4-11,18H,3,12-14H2,1-2H3,(H,20,23)/p+1/t18-/m0/s1. The van der Waals surface area contributed by atoms with Crippen molar-refractivity contribution in [2.45, 2.75) is 32.9 Å². The van der Waals surface area contributed by atoms with Crippen molar-refractivity contribution in [1.29, 1.82) is 0 Å². The molecule has 0 fully saturated rings.